The number of benzene rings is 1. The monoisotopic (exact) mass is 241 g/mol. The average molecular weight is 241 g/mol. The number of hydrogen-bond acceptors (Lipinski definition) is 5. The van der Waals surface area contributed by atoms with Crippen molar-refractivity contribution < 1.29 is 4.74 Å². The maximum atomic E-state index is 6.00. The van der Waals surface area contributed by atoms with Crippen LogP contribution in [0.1, 0.15) is 0 Å². The van der Waals surface area contributed by atoms with Crippen LogP contribution < -0.4 is 10.5 Å². The van der Waals surface area contributed by atoms with E-state index in [9.17, 15) is 0 Å². The zero-order chi connectivity index (χ0) is 12.5. The van der Waals surface area contributed by atoms with Crippen LogP contribution in [-0.4, -0.2) is 26.7 Å². The van der Waals surface area contributed by atoms with E-state index in [0.29, 0.717) is 23.0 Å². The number of methoxy groups -OCH3 is 1. The molecule has 0 atom stereocenters. The lowest BCUT2D eigenvalue weighted by Crippen LogP contribution is -1.96. The first-order chi connectivity index (χ1) is 8.79. The van der Waals surface area contributed by atoms with Crippen molar-refractivity contribution >= 4 is 11.5 Å². The topological polar surface area (TPSA) is 78.3 Å². The normalized spacial score (nSPS) is 10.7. The number of hydrogen-bond donors (Lipinski definition) is 1. The SMILES string of the molecule is COc1ccc(-c2nnc3ncccn23)c(N)c1. The van der Waals surface area contributed by atoms with Gasteiger partial charge in [-0.3, -0.25) is 4.40 Å². The molecule has 90 valence electrons. The van der Waals surface area contributed by atoms with Gasteiger partial charge in [-0.25, -0.2) is 4.98 Å². The average Bonchev–Trinajstić information content (AvgIpc) is 2.82. The van der Waals surface area contributed by atoms with Gasteiger partial charge in [0.2, 0.25) is 0 Å². The molecule has 3 rings (SSSR count). The van der Waals surface area contributed by atoms with Crippen LogP contribution in [0.5, 0.6) is 5.75 Å². The molecule has 0 fully saturated rings. The van der Waals surface area contributed by atoms with E-state index in [2.05, 4.69) is 15.2 Å². The molecule has 3 aromatic rings. The van der Waals surface area contributed by atoms with Crippen LogP contribution in [0.3, 0.4) is 0 Å². The zero-order valence-electron chi connectivity index (χ0n) is 9.74. The minimum Gasteiger partial charge on any atom is -0.497 e. The van der Waals surface area contributed by atoms with E-state index in [1.807, 2.05) is 24.4 Å². The first-order valence-corrected chi connectivity index (χ1v) is 5.39. The van der Waals surface area contributed by atoms with Crippen molar-refractivity contribution in [1.82, 2.24) is 19.6 Å². The van der Waals surface area contributed by atoms with Gasteiger partial charge in [-0.1, -0.05) is 0 Å². The molecule has 0 aliphatic rings. The molecule has 0 radical (unpaired) electrons. The number of fused-ring (bicyclic) bond motifs is 1. The van der Waals surface area contributed by atoms with Crippen LogP contribution in [0.2, 0.25) is 0 Å². The second-order valence-corrected chi connectivity index (χ2v) is 3.77. The fourth-order valence-electron chi connectivity index (χ4n) is 1.80. The number of nitrogens with zero attached hydrogens (tertiary/aromatic N) is 4. The number of aromatic nitrogens is 4. The highest BCUT2D eigenvalue weighted by Crippen LogP contribution is 2.27. The summed E-state index contributed by atoms with van der Waals surface area (Å²) in [5.74, 6) is 1.92. The van der Waals surface area contributed by atoms with Gasteiger partial charge in [0.05, 0.1) is 7.11 Å². The molecule has 0 saturated heterocycles. The van der Waals surface area contributed by atoms with Crippen LogP contribution in [0.25, 0.3) is 17.2 Å². The summed E-state index contributed by atoms with van der Waals surface area (Å²) in [5, 5.41) is 8.11. The van der Waals surface area contributed by atoms with Crippen molar-refractivity contribution in [1.29, 1.82) is 0 Å². The molecule has 2 aromatic heterocycles. The predicted molar refractivity (Wildman–Crippen MR) is 67.2 cm³/mol. The summed E-state index contributed by atoms with van der Waals surface area (Å²) in [6.45, 7) is 0. The molecule has 0 aliphatic carbocycles. The molecule has 6 heteroatoms. The Labute approximate surface area is 103 Å². The Bertz CT molecular complexity index is 707. The van der Waals surface area contributed by atoms with Gasteiger partial charge >= 0.3 is 0 Å². The highest BCUT2D eigenvalue weighted by atomic mass is 16.5. The summed E-state index contributed by atoms with van der Waals surface area (Å²) >= 11 is 0. The van der Waals surface area contributed by atoms with E-state index >= 15 is 0 Å². The third-order valence-corrected chi connectivity index (χ3v) is 2.69. The number of nitrogen functional groups attached to an aromatic ring is 1. The molecule has 2 N–H and O–H groups in total. The molecular weight excluding hydrogens is 230 g/mol. The Morgan fingerprint density at radius 2 is 2.17 bits per heavy atom. The number of ether oxygens (including phenoxy) is 1. The highest BCUT2D eigenvalue weighted by Gasteiger charge is 2.11. The van der Waals surface area contributed by atoms with Crippen molar-refractivity contribution in [3.63, 3.8) is 0 Å². The molecule has 0 amide bonds. The quantitative estimate of drug-likeness (QED) is 0.686. The first-order valence-electron chi connectivity index (χ1n) is 5.39. The Hall–Kier alpha value is -2.63. The highest BCUT2D eigenvalue weighted by molar-refractivity contribution is 5.74. The molecular formula is C12H11N5O. The van der Waals surface area contributed by atoms with Gasteiger partial charge in [0, 0.05) is 29.7 Å². The third kappa shape index (κ3) is 1.55. The summed E-state index contributed by atoms with van der Waals surface area (Å²) in [4.78, 5) is 4.11. The van der Waals surface area contributed by atoms with Gasteiger partial charge in [0.25, 0.3) is 5.78 Å². The predicted octanol–water partition coefficient (Wildman–Crippen LogP) is 1.38. The zero-order valence-corrected chi connectivity index (χ0v) is 9.74. The van der Waals surface area contributed by atoms with E-state index in [0.717, 1.165) is 5.56 Å². The van der Waals surface area contributed by atoms with Gasteiger partial charge < -0.3 is 10.5 Å². The summed E-state index contributed by atoms with van der Waals surface area (Å²) < 4.78 is 6.91. The van der Waals surface area contributed by atoms with Crippen LogP contribution >= 0.6 is 0 Å². The minimum absolute atomic E-state index is 0.544. The van der Waals surface area contributed by atoms with Crippen molar-refractivity contribution in [3.05, 3.63) is 36.7 Å². The van der Waals surface area contributed by atoms with Gasteiger partial charge in [-0.05, 0) is 18.2 Å². The molecule has 6 nitrogen and oxygen atoms in total. The van der Waals surface area contributed by atoms with Crippen LogP contribution in [0.4, 0.5) is 5.69 Å². The first kappa shape index (κ1) is 10.5. The molecule has 0 unspecified atom stereocenters. The maximum Gasteiger partial charge on any atom is 0.255 e. The van der Waals surface area contributed by atoms with Gasteiger partial charge in [0.15, 0.2) is 5.82 Å². The summed E-state index contributed by atoms with van der Waals surface area (Å²) in [5.41, 5.74) is 7.39. The van der Waals surface area contributed by atoms with E-state index in [1.54, 1.807) is 23.8 Å². The molecule has 0 aliphatic heterocycles. The lowest BCUT2D eigenvalue weighted by molar-refractivity contribution is 0.415. The van der Waals surface area contributed by atoms with Crippen LogP contribution in [0.15, 0.2) is 36.7 Å². The standard InChI is InChI=1S/C12H11N5O/c1-18-8-3-4-9(10(13)7-8)11-15-16-12-14-5-2-6-17(11)12/h2-7H,13H2,1H3. The fraction of sp³-hybridized carbons (Fsp3) is 0.0833. The molecule has 0 spiro atoms. The molecule has 0 bridgehead atoms. The summed E-state index contributed by atoms with van der Waals surface area (Å²) in [6.07, 6.45) is 3.52. The molecule has 0 saturated carbocycles. The molecule has 2 heterocycles. The van der Waals surface area contributed by atoms with Gasteiger partial charge in [0.1, 0.15) is 5.75 Å². The maximum absolute atomic E-state index is 6.00. The van der Waals surface area contributed by atoms with E-state index < -0.39 is 0 Å². The van der Waals surface area contributed by atoms with Crippen molar-refractivity contribution in [2.24, 2.45) is 0 Å². The largest absolute Gasteiger partial charge is 0.497 e. The molecule has 1 aromatic carbocycles. The summed E-state index contributed by atoms with van der Waals surface area (Å²) in [7, 11) is 1.60. The van der Waals surface area contributed by atoms with Gasteiger partial charge in [-0.15, -0.1) is 10.2 Å². The Kier molecular flexibility index (Phi) is 2.33. The second-order valence-electron chi connectivity index (χ2n) is 3.77. The lowest BCUT2D eigenvalue weighted by atomic mass is 10.1. The van der Waals surface area contributed by atoms with Crippen molar-refractivity contribution in [2.75, 3.05) is 12.8 Å². The lowest BCUT2D eigenvalue weighted by Gasteiger charge is -2.06. The van der Waals surface area contributed by atoms with Crippen molar-refractivity contribution in [3.8, 4) is 17.1 Å². The van der Waals surface area contributed by atoms with Crippen LogP contribution in [-0.2, 0) is 0 Å². The van der Waals surface area contributed by atoms with E-state index in [-0.39, 0.29) is 0 Å². The third-order valence-electron chi connectivity index (χ3n) is 2.69. The molecule has 18 heavy (non-hydrogen) atoms. The minimum atomic E-state index is 0.544. The van der Waals surface area contributed by atoms with Crippen LogP contribution in [0, 0.1) is 0 Å². The number of nitrogens with two attached hydrogens (primary N) is 1. The Balaban J connectivity index is 2.20. The number of anilines is 1. The van der Waals surface area contributed by atoms with Crippen molar-refractivity contribution in [2.45, 2.75) is 0 Å². The number of rotatable bonds is 2. The van der Waals surface area contributed by atoms with E-state index in [1.165, 1.54) is 0 Å². The smallest absolute Gasteiger partial charge is 0.255 e. The Morgan fingerprint density at radius 1 is 1.28 bits per heavy atom. The fourth-order valence-corrected chi connectivity index (χ4v) is 1.80. The van der Waals surface area contributed by atoms with E-state index in [4.69, 9.17) is 10.5 Å². The van der Waals surface area contributed by atoms with Gasteiger partial charge in [-0.2, -0.15) is 0 Å². The summed E-state index contributed by atoms with van der Waals surface area (Å²) in [6, 6.07) is 7.27. The Morgan fingerprint density at radius 3 is 2.94 bits per heavy atom. The second kappa shape index (κ2) is 3.99.